The lowest BCUT2D eigenvalue weighted by Crippen LogP contribution is -2.38. The van der Waals surface area contributed by atoms with Gasteiger partial charge in [-0.1, -0.05) is 13.8 Å². The van der Waals surface area contributed by atoms with Crippen molar-refractivity contribution in [1.82, 2.24) is 14.8 Å². The van der Waals surface area contributed by atoms with Gasteiger partial charge in [-0.15, -0.1) is 0 Å². The van der Waals surface area contributed by atoms with E-state index in [2.05, 4.69) is 29.2 Å². The van der Waals surface area contributed by atoms with Crippen LogP contribution in [0.25, 0.3) is 0 Å². The molecule has 1 atom stereocenters. The van der Waals surface area contributed by atoms with Crippen LogP contribution in [0.3, 0.4) is 0 Å². The van der Waals surface area contributed by atoms with E-state index in [-0.39, 0.29) is 5.91 Å². The minimum atomic E-state index is -0.0169. The van der Waals surface area contributed by atoms with Crippen LogP contribution in [0.1, 0.15) is 30.8 Å². The Morgan fingerprint density at radius 1 is 1.55 bits per heavy atom. The van der Waals surface area contributed by atoms with Crippen molar-refractivity contribution in [3.05, 3.63) is 24.0 Å². The van der Waals surface area contributed by atoms with Gasteiger partial charge in [0.15, 0.2) is 0 Å². The molecule has 2 heterocycles. The van der Waals surface area contributed by atoms with Crippen LogP contribution in [0.15, 0.2) is 18.3 Å². The molecule has 6 heteroatoms. The Morgan fingerprint density at radius 3 is 2.95 bits per heavy atom. The van der Waals surface area contributed by atoms with Crippen LogP contribution in [0.5, 0.6) is 0 Å². The van der Waals surface area contributed by atoms with Gasteiger partial charge in [-0.3, -0.25) is 20.5 Å². The first-order valence-corrected chi connectivity index (χ1v) is 7.15. The number of likely N-dealkylation sites (N-methyl/N-ethyl adjacent to an activating group) is 1. The molecule has 1 fully saturated rings. The van der Waals surface area contributed by atoms with E-state index >= 15 is 0 Å². The molecule has 20 heavy (non-hydrogen) atoms. The number of nitrogens with two attached hydrogens (primary N) is 1. The number of nitrogens with zero attached hydrogens (tertiary/aromatic N) is 3. The maximum Gasteiger partial charge on any atom is 0.272 e. The summed E-state index contributed by atoms with van der Waals surface area (Å²) in [7, 11) is 0. The summed E-state index contributed by atoms with van der Waals surface area (Å²) in [5.41, 5.74) is 3.68. The number of hydrogen-bond donors (Lipinski definition) is 2. The lowest BCUT2D eigenvalue weighted by atomic mass is 10.2. The first-order chi connectivity index (χ1) is 9.69. The molecule has 0 aliphatic carbocycles. The van der Waals surface area contributed by atoms with Gasteiger partial charge in [0.1, 0.15) is 5.69 Å². The SMILES string of the molecule is CCN(CC)C1CCN(C(=O)c2cc(NN)ccn2)C1. The molecule has 6 nitrogen and oxygen atoms in total. The Morgan fingerprint density at radius 2 is 2.30 bits per heavy atom. The summed E-state index contributed by atoms with van der Waals surface area (Å²) < 4.78 is 0. The minimum Gasteiger partial charge on any atom is -0.336 e. The standard InChI is InChI=1S/C14H23N5O/c1-3-18(4-2)12-6-8-19(10-12)14(20)13-9-11(17-15)5-7-16-13/h5,7,9,12H,3-4,6,8,10,15H2,1-2H3,(H,16,17). The number of likely N-dealkylation sites (tertiary alicyclic amines) is 1. The van der Waals surface area contributed by atoms with Crippen LogP contribution in [-0.2, 0) is 0 Å². The van der Waals surface area contributed by atoms with E-state index in [1.54, 1.807) is 18.3 Å². The second-order valence-corrected chi connectivity index (χ2v) is 4.99. The fraction of sp³-hybridized carbons (Fsp3) is 0.571. The van der Waals surface area contributed by atoms with Gasteiger partial charge in [0.25, 0.3) is 5.91 Å². The summed E-state index contributed by atoms with van der Waals surface area (Å²) in [5, 5.41) is 0. The third-order valence-electron chi connectivity index (χ3n) is 3.93. The summed E-state index contributed by atoms with van der Waals surface area (Å²) in [6, 6.07) is 3.89. The van der Waals surface area contributed by atoms with Gasteiger partial charge in [0, 0.05) is 25.3 Å². The van der Waals surface area contributed by atoms with Crippen molar-refractivity contribution in [3.8, 4) is 0 Å². The molecule has 0 aromatic carbocycles. The predicted octanol–water partition coefficient (Wildman–Crippen LogP) is 0.924. The second kappa shape index (κ2) is 6.67. The molecule has 0 saturated carbocycles. The van der Waals surface area contributed by atoms with Crippen molar-refractivity contribution in [3.63, 3.8) is 0 Å². The van der Waals surface area contributed by atoms with E-state index < -0.39 is 0 Å². The molecule has 1 aromatic rings. The molecule has 0 bridgehead atoms. The highest BCUT2D eigenvalue weighted by Crippen LogP contribution is 2.18. The highest BCUT2D eigenvalue weighted by Gasteiger charge is 2.30. The summed E-state index contributed by atoms with van der Waals surface area (Å²) in [4.78, 5) is 20.9. The van der Waals surface area contributed by atoms with Crippen LogP contribution in [0.4, 0.5) is 5.69 Å². The number of amides is 1. The molecule has 0 spiro atoms. The minimum absolute atomic E-state index is 0.0169. The Hall–Kier alpha value is -1.66. The third-order valence-corrected chi connectivity index (χ3v) is 3.93. The molecule has 1 aliphatic heterocycles. The van der Waals surface area contributed by atoms with Crippen molar-refractivity contribution in [2.75, 3.05) is 31.6 Å². The number of hydrazine groups is 1. The number of carbonyl (C=O) groups is 1. The zero-order valence-corrected chi connectivity index (χ0v) is 12.2. The van der Waals surface area contributed by atoms with Crippen LogP contribution in [0, 0.1) is 0 Å². The van der Waals surface area contributed by atoms with E-state index in [1.165, 1.54) is 0 Å². The van der Waals surface area contributed by atoms with E-state index in [0.29, 0.717) is 17.4 Å². The Bertz CT molecular complexity index is 461. The topological polar surface area (TPSA) is 74.5 Å². The number of anilines is 1. The van der Waals surface area contributed by atoms with E-state index in [9.17, 15) is 4.79 Å². The summed E-state index contributed by atoms with van der Waals surface area (Å²) >= 11 is 0. The maximum absolute atomic E-state index is 12.4. The van der Waals surface area contributed by atoms with Crippen LogP contribution in [-0.4, -0.2) is 52.9 Å². The monoisotopic (exact) mass is 277 g/mol. The average Bonchev–Trinajstić information content (AvgIpc) is 2.97. The Balaban J connectivity index is 2.03. The normalized spacial score (nSPS) is 18.6. The number of nitrogen functional groups attached to an aromatic ring is 1. The van der Waals surface area contributed by atoms with Crippen molar-refractivity contribution in [1.29, 1.82) is 0 Å². The largest absolute Gasteiger partial charge is 0.336 e. The zero-order chi connectivity index (χ0) is 14.5. The fourth-order valence-electron chi connectivity index (χ4n) is 2.76. The first-order valence-electron chi connectivity index (χ1n) is 7.15. The lowest BCUT2D eigenvalue weighted by molar-refractivity contribution is 0.0772. The quantitative estimate of drug-likeness (QED) is 0.618. The van der Waals surface area contributed by atoms with Crippen LogP contribution < -0.4 is 11.3 Å². The first kappa shape index (κ1) is 14.7. The third kappa shape index (κ3) is 3.08. The van der Waals surface area contributed by atoms with Crippen molar-refractivity contribution in [2.45, 2.75) is 26.3 Å². The summed E-state index contributed by atoms with van der Waals surface area (Å²) in [6.45, 7) is 7.93. The number of pyridine rings is 1. The highest BCUT2D eigenvalue weighted by molar-refractivity contribution is 5.93. The van der Waals surface area contributed by atoms with Crippen molar-refractivity contribution >= 4 is 11.6 Å². The van der Waals surface area contributed by atoms with Gasteiger partial charge in [0.2, 0.25) is 0 Å². The molecular formula is C14H23N5O. The van der Waals surface area contributed by atoms with Gasteiger partial charge < -0.3 is 10.3 Å². The fourth-order valence-corrected chi connectivity index (χ4v) is 2.76. The Kier molecular flexibility index (Phi) is 4.92. The molecule has 110 valence electrons. The van der Waals surface area contributed by atoms with Crippen LogP contribution in [0.2, 0.25) is 0 Å². The van der Waals surface area contributed by atoms with Gasteiger partial charge in [-0.25, -0.2) is 0 Å². The van der Waals surface area contributed by atoms with E-state index in [0.717, 1.165) is 32.6 Å². The summed E-state index contributed by atoms with van der Waals surface area (Å²) in [6.07, 6.45) is 2.63. The van der Waals surface area contributed by atoms with Gasteiger partial charge in [-0.2, -0.15) is 0 Å². The van der Waals surface area contributed by atoms with Gasteiger partial charge in [-0.05, 0) is 31.6 Å². The number of nitrogens with one attached hydrogen (secondary N) is 1. The van der Waals surface area contributed by atoms with Gasteiger partial charge >= 0.3 is 0 Å². The molecule has 3 N–H and O–H groups in total. The number of hydrogen-bond acceptors (Lipinski definition) is 5. The lowest BCUT2D eigenvalue weighted by Gasteiger charge is -2.26. The van der Waals surface area contributed by atoms with Gasteiger partial charge in [0.05, 0.1) is 5.69 Å². The maximum atomic E-state index is 12.4. The molecule has 1 aliphatic rings. The zero-order valence-electron chi connectivity index (χ0n) is 12.2. The number of carbonyl (C=O) groups excluding carboxylic acids is 1. The van der Waals surface area contributed by atoms with Crippen LogP contribution >= 0.6 is 0 Å². The molecule has 1 amide bonds. The highest BCUT2D eigenvalue weighted by atomic mass is 16.2. The number of aromatic nitrogens is 1. The molecule has 1 unspecified atom stereocenters. The second-order valence-electron chi connectivity index (χ2n) is 4.99. The molecule has 0 radical (unpaired) electrons. The van der Waals surface area contributed by atoms with E-state index in [4.69, 9.17) is 5.84 Å². The molecular weight excluding hydrogens is 254 g/mol. The summed E-state index contributed by atoms with van der Waals surface area (Å²) in [5.74, 6) is 5.34. The smallest absolute Gasteiger partial charge is 0.272 e. The van der Waals surface area contributed by atoms with Crippen molar-refractivity contribution in [2.24, 2.45) is 5.84 Å². The predicted molar refractivity (Wildman–Crippen MR) is 79.3 cm³/mol. The number of rotatable bonds is 5. The molecule has 1 aromatic heterocycles. The molecule has 1 saturated heterocycles. The molecule has 2 rings (SSSR count). The Labute approximate surface area is 119 Å². The van der Waals surface area contributed by atoms with Crippen molar-refractivity contribution < 1.29 is 4.79 Å². The average molecular weight is 277 g/mol. The van der Waals surface area contributed by atoms with E-state index in [1.807, 2.05) is 4.90 Å².